The van der Waals surface area contributed by atoms with Gasteiger partial charge in [-0.2, -0.15) is 4.98 Å². The van der Waals surface area contributed by atoms with Gasteiger partial charge in [0.1, 0.15) is 11.6 Å². The highest BCUT2D eigenvalue weighted by Gasteiger charge is 2.17. The van der Waals surface area contributed by atoms with Crippen LogP contribution in [0.15, 0.2) is 48.0 Å². The Morgan fingerprint density at radius 2 is 1.94 bits per heavy atom. The molecule has 0 unspecified atom stereocenters. The normalized spacial score (nSPS) is 14.4. The van der Waals surface area contributed by atoms with Gasteiger partial charge in [-0.15, -0.1) is 11.3 Å². The molecule has 0 saturated carbocycles. The largest absolute Gasteiger partial charge is 0.382 e. The van der Waals surface area contributed by atoms with Crippen LogP contribution in [-0.4, -0.2) is 58.4 Å². The molecule has 5 rings (SSSR count). The van der Waals surface area contributed by atoms with Crippen LogP contribution in [-0.2, 0) is 0 Å². The van der Waals surface area contributed by atoms with Gasteiger partial charge < -0.3 is 20.9 Å². The van der Waals surface area contributed by atoms with E-state index in [4.69, 9.17) is 10.7 Å². The Hall–Kier alpha value is -3.56. The zero-order chi connectivity index (χ0) is 24.4. The lowest BCUT2D eigenvalue weighted by Crippen LogP contribution is -2.46. The molecule has 3 aromatic heterocycles. The molecule has 4 aromatic rings. The van der Waals surface area contributed by atoms with E-state index in [2.05, 4.69) is 32.0 Å². The van der Waals surface area contributed by atoms with Crippen molar-refractivity contribution < 1.29 is 4.79 Å². The van der Waals surface area contributed by atoms with Crippen LogP contribution >= 0.6 is 11.3 Å². The van der Waals surface area contributed by atoms with E-state index in [1.807, 2.05) is 48.7 Å². The number of carbonyl (C=O) groups excluding carboxylic acids is 1. The monoisotopic (exact) mass is 487 g/mol. The molecule has 0 radical (unpaired) electrons. The molecule has 35 heavy (non-hydrogen) atoms. The number of piperazine rings is 1. The number of aromatic nitrogens is 3. The number of anilines is 4. The Balaban J connectivity index is 1.39. The second kappa shape index (κ2) is 9.97. The number of likely N-dealkylation sites (N-methyl/N-ethyl adjacent to an activating group) is 1. The molecule has 1 aliphatic rings. The van der Waals surface area contributed by atoms with Crippen molar-refractivity contribution in [3.05, 3.63) is 53.5 Å². The molecule has 0 spiro atoms. The maximum atomic E-state index is 12.2. The fourth-order valence-corrected chi connectivity index (χ4v) is 5.25. The lowest BCUT2D eigenvalue weighted by atomic mass is 10.0. The van der Waals surface area contributed by atoms with E-state index in [1.54, 1.807) is 6.20 Å². The molecule has 0 amide bonds. The number of nitrogens with zero attached hydrogens (tertiary/aromatic N) is 5. The molecule has 0 atom stereocenters. The number of pyridine rings is 1. The van der Waals surface area contributed by atoms with Crippen LogP contribution in [0.5, 0.6) is 0 Å². The summed E-state index contributed by atoms with van der Waals surface area (Å²) in [6, 6.07) is 11.7. The summed E-state index contributed by atoms with van der Waals surface area (Å²) in [5.74, 6) is 1.93. The first kappa shape index (κ1) is 23.2. The summed E-state index contributed by atoms with van der Waals surface area (Å²) in [6.45, 7) is 9.24. The van der Waals surface area contributed by atoms with E-state index in [1.165, 1.54) is 11.3 Å². The van der Waals surface area contributed by atoms with Crippen molar-refractivity contribution in [2.45, 2.75) is 20.3 Å². The molecule has 9 heteroatoms. The highest BCUT2D eigenvalue weighted by atomic mass is 32.1. The van der Waals surface area contributed by atoms with Crippen molar-refractivity contribution in [3.63, 3.8) is 0 Å². The first-order valence-corrected chi connectivity index (χ1v) is 12.8. The number of fused-ring (bicyclic) bond motifs is 1. The van der Waals surface area contributed by atoms with Gasteiger partial charge >= 0.3 is 0 Å². The molecule has 4 heterocycles. The van der Waals surface area contributed by atoms with Gasteiger partial charge in [0.05, 0.1) is 22.1 Å². The third-order valence-corrected chi connectivity index (χ3v) is 7.40. The number of benzene rings is 1. The van der Waals surface area contributed by atoms with Crippen LogP contribution < -0.4 is 16.0 Å². The molecule has 8 nitrogen and oxygen atoms in total. The minimum Gasteiger partial charge on any atom is -0.382 e. The number of nitrogens with two attached hydrogens (primary N) is 1. The highest BCUT2D eigenvalue weighted by Crippen LogP contribution is 2.36. The zero-order valence-corrected chi connectivity index (χ0v) is 20.8. The Labute approximate surface area is 208 Å². The van der Waals surface area contributed by atoms with E-state index in [-0.39, 0.29) is 5.78 Å². The van der Waals surface area contributed by atoms with Crippen LogP contribution in [0.4, 0.5) is 23.3 Å². The van der Waals surface area contributed by atoms with Crippen molar-refractivity contribution in [3.8, 4) is 11.1 Å². The minimum absolute atomic E-state index is 0.117. The SMILES string of the molecule is CCC(=O)c1cccc(-c2csc3c(N)nc(Nc4ccc(N5CCN(CC)CC5)nc4)nc23)c1. The van der Waals surface area contributed by atoms with Crippen molar-refractivity contribution in [2.24, 2.45) is 0 Å². The van der Waals surface area contributed by atoms with Crippen LogP contribution in [0.1, 0.15) is 30.6 Å². The molecule has 0 bridgehead atoms. The second-order valence-corrected chi connectivity index (χ2v) is 9.45. The van der Waals surface area contributed by atoms with Crippen molar-refractivity contribution >= 4 is 50.6 Å². The summed E-state index contributed by atoms with van der Waals surface area (Å²) in [4.78, 5) is 30.8. The fraction of sp³-hybridized carbons (Fsp3) is 0.308. The number of nitrogens with one attached hydrogen (secondary N) is 1. The molecule has 1 aliphatic heterocycles. The maximum Gasteiger partial charge on any atom is 0.229 e. The Kier molecular flexibility index (Phi) is 6.61. The fourth-order valence-electron chi connectivity index (χ4n) is 4.33. The maximum absolute atomic E-state index is 12.2. The first-order valence-electron chi connectivity index (χ1n) is 11.9. The third-order valence-electron chi connectivity index (χ3n) is 6.41. The number of hydrogen-bond donors (Lipinski definition) is 2. The smallest absolute Gasteiger partial charge is 0.229 e. The van der Waals surface area contributed by atoms with Crippen molar-refractivity contribution in [2.75, 3.05) is 48.7 Å². The van der Waals surface area contributed by atoms with Gasteiger partial charge in [0.15, 0.2) is 5.78 Å². The number of nitrogen functional groups attached to an aromatic ring is 1. The molecule has 1 saturated heterocycles. The summed E-state index contributed by atoms with van der Waals surface area (Å²) >= 11 is 1.51. The van der Waals surface area contributed by atoms with Gasteiger partial charge in [0.2, 0.25) is 5.95 Å². The van der Waals surface area contributed by atoms with Crippen molar-refractivity contribution in [1.82, 2.24) is 19.9 Å². The van der Waals surface area contributed by atoms with Crippen LogP contribution in [0.2, 0.25) is 0 Å². The summed E-state index contributed by atoms with van der Waals surface area (Å²) in [6.07, 6.45) is 2.28. The van der Waals surface area contributed by atoms with Crippen LogP contribution in [0.3, 0.4) is 0 Å². The standard InChI is InChI=1S/C26H29N7OS/c1-3-21(34)18-7-5-6-17(14-18)20-16-35-24-23(20)30-26(31-25(24)27)29-19-8-9-22(28-15-19)33-12-10-32(4-2)11-13-33/h5-9,14-16H,3-4,10-13H2,1-2H3,(H3,27,29,30,31). The van der Waals surface area contributed by atoms with Gasteiger partial charge in [-0.3, -0.25) is 4.79 Å². The minimum atomic E-state index is 0.117. The molecule has 0 aliphatic carbocycles. The predicted octanol–water partition coefficient (Wildman–Crippen LogP) is 4.81. The van der Waals surface area contributed by atoms with Crippen LogP contribution in [0.25, 0.3) is 21.3 Å². The predicted molar refractivity (Wildman–Crippen MR) is 144 cm³/mol. The van der Waals surface area contributed by atoms with E-state index in [9.17, 15) is 4.79 Å². The summed E-state index contributed by atoms with van der Waals surface area (Å²) in [5, 5.41) is 5.27. The number of Topliss-reactive ketones (excluding diaryl/α,β-unsaturated/α-hetero) is 1. The molecule has 3 N–H and O–H groups in total. The summed E-state index contributed by atoms with van der Waals surface area (Å²) in [5.41, 5.74) is 10.4. The molecule has 180 valence electrons. The quantitative estimate of drug-likeness (QED) is 0.358. The van der Waals surface area contributed by atoms with Gasteiger partial charge in [-0.1, -0.05) is 32.0 Å². The summed E-state index contributed by atoms with van der Waals surface area (Å²) < 4.78 is 0.831. The van der Waals surface area contributed by atoms with E-state index < -0.39 is 0 Å². The highest BCUT2D eigenvalue weighted by molar-refractivity contribution is 7.18. The Morgan fingerprint density at radius 1 is 1.11 bits per heavy atom. The number of ketones is 1. The number of rotatable bonds is 7. The molecule has 1 fully saturated rings. The molecule has 1 aromatic carbocycles. The van der Waals surface area contributed by atoms with E-state index in [0.717, 1.165) is 65.6 Å². The van der Waals surface area contributed by atoms with Gasteiger partial charge in [-0.25, -0.2) is 9.97 Å². The third kappa shape index (κ3) is 4.82. The first-order chi connectivity index (χ1) is 17.1. The van der Waals surface area contributed by atoms with Crippen molar-refractivity contribution in [1.29, 1.82) is 0 Å². The lowest BCUT2D eigenvalue weighted by molar-refractivity contribution is 0.0988. The van der Waals surface area contributed by atoms with E-state index >= 15 is 0 Å². The van der Waals surface area contributed by atoms with E-state index in [0.29, 0.717) is 23.8 Å². The number of carbonyl (C=O) groups is 1. The lowest BCUT2D eigenvalue weighted by Gasteiger charge is -2.34. The van der Waals surface area contributed by atoms with Gasteiger partial charge in [-0.05, 0) is 30.3 Å². The molecular weight excluding hydrogens is 458 g/mol. The van der Waals surface area contributed by atoms with Crippen LogP contribution in [0, 0.1) is 0 Å². The zero-order valence-electron chi connectivity index (χ0n) is 20.0. The Morgan fingerprint density at radius 3 is 2.66 bits per heavy atom. The van der Waals surface area contributed by atoms with Gasteiger partial charge in [0, 0.05) is 49.1 Å². The summed E-state index contributed by atoms with van der Waals surface area (Å²) in [7, 11) is 0. The van der Waals surface area contributed by atoms with Gasteiger partial charge in [0.25, 0.3) is 0 Å². The number of thiophene rings is 1. The number of hydrogen-bond acceptors (Lipinski definition) is 9. The average Bonchev–Trinajstić information content (AvgIpc) is 3.33. The molecular formula is C26H29N7OS. The average molecular weight is 488 g/mol. The Bertz CT molecular complexity index is 1340. The second-order valence-electron chi connectivity index (χ2n) is 8.57. The topological polar surface area (TPSA) is 100 Å².